The van der Waals surface area contributed by atoms with E-state index in [2.05, 4.69) is 15.0 Å². The van der Waals surface area contributed by atoms with Gasteiger partial charge in [-0.2, -0.15) is 0 Å². The number of nitrogens with one attached hydrogen (secondary N) is 1. The Kier molecular flexibility index (Phi) is 4.36. The average molecular weight is 236 g/mol. The summed E-state index contributed by atoms with van der Waals surface area (Å²) in [5, 5.41) is 2.85. The van der Waals surface area contributed by atoms with Crippen LogP contribution in [0.15, 0.2) is 18.3 Å². The number of alkyl halides is 3. The van der Waals surface area contributed by atoms with E-state index in [0.29, 0.717) is 0 Å². The molecule has 0 unspecified atom stereocenters. The summed E-state index contributed by atoms with van der Waals surface area (Å²) < 4.78 is 43.2. The van der Waals surface area contributed by atoms with E-state index in [1.165, 1.54) is 6.20 Å². The van der Waals surface area contributed by atoms with Gasteiger partial charge in [0.25, 0.3) is 0 Å². The highest BCUT2D eigenvalue weighted by molar-refractivity contribution is 5.40. The fraction of sp³-hybridized carbons (Fsp3) is 0.444. The summed E-state index contributed by atoms with van der Waals surface area (Å²) in [5.74, 6) is 0.254. The maximum Gasteiger partial charge on any atom is 0.522 e. The minimum Gasteiger partial charge on any atom is -0.475 e. The summed E-state index contributed by atoms with van der Waals surface area (Å²) in [7, 11) is 1.73. The van der Waals surface area contributed by atoms with Gasteiger partial charge in [-0.1, -0.05) is 0 Å². The van der Waals surface area contributed by atoms with E-state index in [-0.39, 0.29) is 12.5 Å². The van der Waals surface area contributed by atoms with Gasteiger partial charge in [-0.05, 0) is 6.07 Å². The van der Waals surface area contributed by atoms with Gasteiger partial charge in [-0.3, -0.25) is 4.74 Å². The van der Waals surface area contributed by atoms with Crippen molar-refractivity contribution in [2.24, 2.45) is 0 Å². The molecule has 0 atom stereocenters. The highest BCUT2D eigenvalue weighted by atomic mass is 19.4. The number of anilines is 1. The van der Waals surface area contributed by atoms with E-state index >= 15 is 0 Å². The average Bonchev–Trinajstić information content (AvgIpc) is 2.24. The Hall–Kier alpha value is -1.50. The second-order valence-electron chi connectivity index (χ2n) is 2.78. The second kappa shape index (κ2) is 5.55. The normalized spacial score (nSPS) is 11.2. The van der Waals surface area contributed by atoms with Crippen molar-refractivity contribution in [2.75, 3.05) is 25.6 Å². The van der Waals surface area contributed by atoms with Crippen LogP contribution in [0.2, 0.25) is 0 Å². The molecule has 16 heavy (non-hydrogen) atoms. The van der Waals surface area contributed by atoms with Crippen LogP contribution in [0, 0.1) is 0 Å². The number of aromatic nitrogens is 1. The van der Waals surface area contributed by atoms with Gasteiger partial charge in [0.05, 0.1) is 18.5 Å². The molecule has 0 spiro atoms. The fourth-order valence-corrected chi connectivity index (χ4v) is 0.917. The van der Waals surface area contributed by atoms with E-state index in [1.54, 1.807) is 19.2 Å². The van der Waals surface area contributed by atoms with Gasteiger partial charge in [0.1, 0.15) is 6.61 Å². The second-order valence-corrected chi connectivity index (χ2v) is 2.78. The zero-order valence-corrected chi connectivity index (χ0v) is 8.54. The molecule has 0 aliphatic rings. The van der Waals surface area contributed by atoms with Crippen LogP contribution in [0.3, 0.4) is 0 Å². The van der Waals surface area contributed by atoms with Gasteiger partial charge < -0.3 is 10.1 Å². The Morgan fingerprint density at radius 2 is 2.06 bits per heavy atom. The standard InChI is InChI=1S/C9H11F3N2O2/c1-13-7-2-3-8(14-6-7)15-4-5-16-9(10,11)12/h2-3,6,13H,4-5H2,1H3. The quantitative estimate of drug-likeness (QED) is 0.794. The minimum absolute atomic E-state index is 0.203. The summed E-state index contributed by atoms with van der Waals surface area (Å²) in [6.07, 6.45) is -3.10. The number of pyridine rings is 1. The molecule has 0 aromatic carbocycles. The SMILES string of the molecule is CNc1ccc(OCCOC(F)(F)F)nc1. The van der Waals surface area contributed by atoms with Crippen molar-refractivity contribution in [1.29, 1.82) is 0 Å². The molecule has 0 fully saturated rings. The lowest BCUT2D eigenvalue weighted by atomic mass is 10.4. The summed E-state index contributed by atoms with van der Waals surface area (Å²) in [6.45, 7) is -0.760. The Morgan fingerprint density at radius 1 is 1.31 bits per heavy atom. The molecule has 0 aliphatic carbocycles. The Morgan fingerprint density at radius 3 is 2.56 bits per heavy atom. The van der Waals surface area contributed by atoms with Gasteiger partial charge in [-0.15, -0.1) is 13.2 Å². The maximum absolute atomic E-state index is 11.6. The summed E-state index contributed by atoms with van der Waals surface area (Å²) >= 11 is 0. The topological polar surface area (TPSA) is 43.4 Å². The van der Waals surface area contributed by atoms with Gasteiger partial charge >= 0.3 is 6.36 Å². The first kappa shape index (κ1) is 12.6. The Balaban J connectivity index is 2.27. The highest BCUT2D eigenvalue weighted by Gasteiger charge is 2.28. The van der Waals surface area contributed by atoms with Crippen LogP contribution in [-0.2, 0) is 4.74 Å². The number of hydrogen-bond acceptors (Lipinski definition) is 4. The lowest BCUT2D eigenvalue weighted by Gasteiger charge is -2.08. The van der Waals surface area contributed by atoms with Crippen LogP contribution in [0.5, 0.6) is 5.88 Å². The van der Waals surface area contributed by atoms with Gasteiger partial charge in [0.15, 0.2) is 0 Å². The molecule has 0 amide bonds. The molecule has 1 heterocycles. The van der Waals surface area contributed by atoms with Crippen LogP contribution in [0.1, 0.15) is 0 Å². The predicted octanol–water partition coefficient (Wildman–Crippen LogP) is 2.04. The Labute approximate surface area is 90.4 Å². The number of ether oxygens (including phenoxy) is 2. The molecule has 90 valence electrons. The van der Waals surface area contributed by atoms with Crippen LogP contribution in [0.4, 0.5) is 18.9 Å². The number of hydrogen-bond donors (Lipinski definition) is 1. The molecule has 1 rings (SSSR count). The molecule has 0 bridgehead atoms. The fourth-order valence-electron chi connectivity index (χ4n) is 0.917. The van der Waals surface area contributed by atoms with E-state index in [4.69, 9.17) is 4.74 Å². The van der Waals surface area contributed by atoms with Crippen molar-refractivity contribution in [3.05, 3.63) is 18.3 Å². The molecule has 1 N–H and O–H groups in total. The summed E-state index contributed by atoms with van der Waals surface area (Å²) in [5.41, 5.74) is 0.791. The van der Waals surface area contributed by atoms with Crippen LogP contribution in [0.25, 0.3) is 0 Å². The highest BCUT2D eigenvalue weighted by Crippen LogP contribution is 2.16. The van der Waals surface area contributed by atoms with E-state index in [1.807, 2.05) is 0 Å². The van der Waals surface area contributed by atoms with Crippen LogP contribution >= 0.6 is 0 Å². The van der Waals surface area contributed by atoms with Crippen molar-refractivity contribution in [2.45, 2.75) is 6.36 Å². The van der Waals surface area contributed by atoms with E-state index in [9.17, 15) is 13.2 Å². The molecule has 1 aromatic heterocycles. The minimum atomic E-state index is -4.62. The first-order chi connectivity index (χ1) is 7.51. The third kappa shape index (κ3) is 4.83. The lowest BCUT2D eigenvalue weighted by molar-refractivity contribution is -0.325. The molecular weight excluding hydrogens is 225 g/mol. The maximum atomic E-state index is 11.6. The predicted molar refractivity (Wildman–Crippen MR) is 51.3 cm³/mol. The van der Waals surface area contributed by atoms with Gasteiger partial charge in [0.2, 0.25) is 5.88 Å². The van der Waals surface area contributed by atoms with Gasteiger partial charge in [-0.25, -0.2) is 4.98 Å². The molecular formula is C9H11F3N2O2. The van der Waals surface area contributed by atoms with E-state index in [0.717, 1.165) is 5.69 Å². The molecule has 0 saturated heterocycles. The zero-order valence-electron chi connectivity index (χ0n) is 8.54. The molecule has 1 aromatic rings. The van der Waals surface area contributed by atoms with E-state index < -0.39 is 13.0 Å². The first-order valence-corrected chi connectivity index (χ1v) is 4.48. The van der Waals surface area contributed by atoms with Crippen molar-refractivity contribution in [3.8, 4) is 5.88 Å². The van der Waals surface area contributed by atoms with Crippen molar-refractivity contribution < 1.29 is 22.6 Å². The number of nitrogens with zero attached hydrogens (tertiary/aromatic N) is 1. The lowest BCUT2D eigenvalue weighted by Crippen LogP contribution is -2.18. The summed E-state index contributed by atoms with van der Waals surface area (Å²) in [4.78, 5) is 3.86. The smallest absolute Gasteiger partial charge is 0.475 e. The molecule has 7 heteroatoms. The zero-order chi connectivity index (χ0) is 12.0. The molecule has 0 saturated carbocycles. The number of halogens is 3. The molecule has 0 aliphatic heterocycles. The number of rotatable bonds is 5. The monoisotopic (exact) mass is 236 g/mol. The van der Waals surface area contributed by atoms with Crippen molar-refractivity contribution in [1.82, 2.24) is 4.98 Å². The van der Waals surface area contributed by atoms with Crippen molar-refractivity contribution in [3.63, 3.8) is 0 Å². The third-order valence-corrected chi connectivity index (χ3v) is 1.62. The first-order valence-electron chi connectivity index (χ1n) is 4.48. The Bertz CT molecular complexity index is 314. The van der Waals surface area contributed by atoms with Crippen molar-refractivity contribution >= 4 is 5.69 Å². The van der Waals surface area contributed by atoms with Crippen LogP contribution < -0.4 is 10.1 Å². The molecule has 4 nitrogen and oxygen atoms in total. The largest absolute Gasteiger partial charge is 0.522 e. The third-order valence-electron chi connectivity index (χ3n) is 1.62. The van der Waals surface area contributed by atoms with Crippen LogP contribution in [-0.4, -0.2) is 31.6 Å². The molecule has 0 radical (unpaired) electrons. The summed E-state index contributed by atoms with van der Waals surface area (Å²) in [6, 6.07) is 3.26. The van der Waals surface area contributed by atoms with Gasteiger partial charge in [0, 0.05) is 13.1 Å².